The minimum absolute atomic E-state index is 0.287. The van der Waals surface area contributed by atoms with E-state index in [4.69, 9.17) is 4.74 Å². The first-order valence-corrected chi connectivity index (χ1v) is 8.17. The van der Waals surface area contributed by atoms with Gasteiger partial charge in [0.15, 0.2) is 0 Å². The van der Waals surface area contributed by atoms with Crippen molar-refractivity contribution in [3.05, 3.63) is 76.3 Å². The van der Waals surface area contributed by atoms with Crippen LogP contribution in [0.1, 0.15) is 17.2 Å². The van der Waals surface area contributed by atoms with E-state index >= 15 is 0 Å². The Morgan fingerprint density at radius 3 is 2.42 bits per heavy atom. The molecule has 0 heterocycles. The molecule has 0 spiro atoms. The standard InChI is InChI=1S/C19H18BrNO3/c1-21(2)19(23)18(15-8-4-3-5-9-15)24-17(22)12-11-14-7-6-10-16(20)13-14/h3-13,18H,1-2H3/b12-11+/t18-/m0/s1. The van der Waals surface area contributed by atoms with E-state index in [-0.39, 0.29) is 5.91 Å². The fourth-order valence-electron chi connectivity index (χ4n) is 2.05. The van der Waals surface area contributed by atoms with Crippen molar-refractivity contribution in [2.45, 2.75) is 6.10 Å². The third-order valence-corrected chi connectivity index (χ3v) is 3.76. The molecule has 0 fully saturated rings. The van der Waals surface area contributed by atoms with Gasteiger partial charge in [0.1, 0.15) is 0 Å². The van der Waals surface area contributed by atoms with Crippen molar-refractivity contribution in [1.29, 1.82) is 0 Å². The molecule has 0 unspecified atom stereocenters. The first-order chi connectivity index (χ1) is 11.5. The molecule has 0 aromatic heterocycles. The number of hydrogen-bond donors (Lipinski definition) is 0. The van der Waals surface area contributed by atoms with Crippen molar-refractivity contribution in [3.8, 4) is 0 Å². The summed E-state index contributed by atoms with van der Waals surface area (Å²) in [5.41, 5.74) is 1.50. The number of nitrogens with zero attached hydrogens (tertiary/aromatic N) is 1. The zero-order valence-electron chi connectivity index (χ0n) is 13.5. The van der Waals surface area contributed by atoms with E-state index in [1.807, 2.05) is 30.3 Å². The monoisotopic (exact) mass is 387 g/mol. The number of halogens is 1. The zero-order chi connectivity index (χ0) is 17.5. The molecule has 1 amide bonds. The Balaban J connectivity index is 2.14. The predicted octanol–water partition coefficient (Wildman–Crippen LogP) is 3.84. The molecular formula is C19H18BrNO3. The van der Waals surface area contributed by atoms with Crippen LogP contribution in [-0.4, -0.2) is 30.9 Å². The van der Waals surface area contributed by atoms with Crippen LogP contribution >= 0.6 is 15.9 Å². The number of ether oxygens (including phenoxy) is 1. The second-order valence-corrected chi connectivity index (χ2v) is 6.26. The maximum Gasteiger partial charge on any atom is 0.331 e. The van der Waals surface area contributed by atoms with E-state index in [0.717, 1.165) is 10.0 Å². The lowest BCUT2D eigenvalue weighted by atomic mass is 10.1. The second-order valence-electron chi connectivity index (χ2n) is 5.35. The average Bonchev–Trinajstić information content (AvgIpc) is 2.58. The SMILES string of the molecule is CN(C)C(=O)[C@@H](OC(=O)/C=C/c1cccc(Br)c1)c1ccccc1. The molecule has 4 nitrogen and oxygen atoms in total. The molecule has 0 aliphatic rings. The van der Waals surface area contributed by atoms with Crippen LogP contribution in [0.5, 0.6) is 0 Å². The van der Waals surface area contributed by atoms with Crippen LogP contribution in [0.15, 0.2) is 65.1 Å². The number of benzene rings is 2. The van der Waals surface area contributed by atoms with Crippen molar-refractivity contribution in [1.82, 2.24) is 4.90 Å². The van der Waals surface area contributed by atoms with E-state index < -0.39 is 12.1 Å². The summed E-state index contributed by atoms with van der Waals surface area (Å²) >= 11 is 3.37. The molecule has 0 saturated carbocycles. The Bertz CT molecular complexity index is 741. The maximum atomic E-state index is 12.3. The Morgan fingerprint density at radius 1 is 1.08 bits per heavy atom. The summed E-state index contributed by atoms with van der Waals surface area (Å²) in [6.07, 6.45) is 2.01. The smallest absolute Gasteiger partial charge is 0.331 e. The van der Waals surface area contributed by atoms with Gasteiger partial charge in [-0.3, -0.25) is 4.79 Å². The van der Waals surface area contributed by atoms with Gasteiger partial charge in [0.05, 0.1) is 0 Å². The number of rotatable bonds is 5. The van der Waals surface area contributed by atoms with Crippen molar-refractivity contribution >= 4 is 33.9 Å². The van der Waals surface area contributed by atoms with Gasteiger partial charge in [0.25, 0.3) is 5.91 Å². The molecule has 0 N–H and O–H groups in total. The highest BCUT2D eigenvalue weighted by molar-refractivity contribution is 9.10. The highest BCUT2D eigenvalue weighted by atomic mass is 79.9. The Hall–Kier alpha value is -2.40. The number of carbonyl (C=O) groups is 2. The van der Waals surface area contributed by atoms with Gasteiger partial charge in [0, 0.05) is 30.2 Å². The summed E-state index contributed by atoms with van der Waals surface area (Å²) in [6, 6.07) is 16.5. The van der Waals surface area contributed by atoms with Crippen molar-refractivity contribution in [2.24, 2.45) is 0 Å². The van der Waals surface area contributed by atoms with Crippen LogP contribution in [-0.2, 0) is 14.3 Å². The van der Waals surface area contributed by atoms with Crippen LogP contribution in [0, 0.1) is 0 Å². The lowest BCUT2D eigenvalue weighted by Gasteiger charge is -2.20. The summed E-state index contributed by atoms with van der Waals surface area (Å²) in [7, 11) is 3.26. The maximum absolute atomic E-state index is 12.3. The normalized spacial score (nSPS) is 12.0. The van der Waals surface area contributed by atoms with Gasteiger partial charge in [-0.2, -0.15) is 0 Å². The third kappa shape index (κ3) is 5.06. The number of likely N-dealkylation sites (N-methyl/N-ethyl adjacent to an activating group) is 1. The minimum atomic E-state index is -0.958. The molecule has 0 bridgehead atoms. The summed E-state index contributed by atoms with van der Waals surface area (Å²) in [6.45, 7) is 0. The fraction of sp³-hybridized carbons (Fsp3) is 0.158. The molecular weight excluding hydrogens is 370 g/mol. The average molecular weight is 388 g/mol. The number of amides is 1. The fourth-order valence-corrected chi connectivity index (χ4v) is 2.47. The lowest BCUT2D eigenvalue weighted by molar-refractivity contribution is -0.155. The molecule has 2 rings (SSSR count). The minimum Gasteiger partial charge on any atom is -0.444 e. The largest absolute Gasteiger partial charge is 0.444 e. The molecule has 2 aromatic rings. The predicted molar refractivity (Wildman–Crippen MR) is 97.1 cm³/mol. The van der Waals surface area contributed by atoms with Crippen molar-refractivity contribution < 1.29 is 14.3 Å². The number of esters is 1. The highest BCUT2D eigenvalue weighted by Crippen LogP contribution is 2.20. The Morgan fingerprint density at radius 2 is 1.79 bits per heavy atom. The molecule has 1 atom stereocenters. The van der Waals surface area contributed by atoms with E-state index in [1.54, 1.807) is 44.4 Å². The van der Waals surface area contributed by atoms with Gasteiger partial charge >= 0.3 is 5.97 Å². The first kappa shape index (κ1) is 17.9. The molecule has 124 valence electrons. The van der Waals surface area contributed by atoms with Gasteiger partial charge in [-0.25, -0.2) is 4.79 Å². The van der Waals surface area contributed by atoms with Gasteiger partial charge in [-0.15, -0.1) is 0 Å². The van der Waals surface area contributed by atoms with Crippen LogP contribution in [0.3, 0.4) is 0 Å². The van der Waals surface area contributed by atoms with Crippen LogP contribution in [0.4, 0.5) is 0 Å². The van der Waals surface area contributed by atoms with Gasteiger partial charge in [-0.05, 0) is 23.8 Å². The van der Waals surface area contributed by atoms with Crippen LogP contribution in [0.2, 0.25) is 0 Å². The summed E-state index contributed by atoms with van der Waals surface area (Å²) in [4.78, 5) is 25.8. The van der Waals surface area contributed by atoms with Crippen LogP contribution in [0.25, 0.3) is 6.08 Å². The summed E-state index contributed by atoms with van der Waals surface area (Å²) in [5.74, 6) is -0.857. The molecule has 24 heavy (non-hydrogen) atoms. The van der Waals surface area contributed by atoms with Gasteiger partial charge in [0.2, 0.25) is 6.10 Å². The first-order valence-electron chi connectivity index (χ1n) is 7.38. The lowest BCUT2D eigenvalue weighted by Crippen LogP contribution is -2.30. The van der Waals surface area contributed by atoms with Gasteiger partial charge < -0.3 is 9.64 Å². The molecule has 5 heteroatoms. The number of carbonyl (C=O) groups excluding carboxylic acids is 2. The summed E-state index contributed by atoms with van der Waals surface area (Å²) < 4.78 is 6.30. The second kappa shape index (κ2) is 8.45. The third-order valence-electron chi connectivity index (χ3n) is 3.26. The molecule has 2 aromatic carbocycles. The van der Waals surface area contributed by atoms with E-state index in [2.05, 4.69) is 15.9 Å². The van der Waals surface area contributed by atoms with Crippen LogP contribution < -0.4 is 0 Å². The quantitative estimate of drug-likeness (QED) is 0.578. The summed E-state index contributed by atoms with van der Waals surface area (Å²) in [5, 5.41) is 0. The zero-order valence-corrected chi connectivity index (χ0v) is 15.1. The molecule has 0 radical (unpaired) electrons. The number of hydrogen-bond acceptors (Lipinski definition) is 3. The highest BCUT2D eigenvalue weighted by Gasteiger charge is 2.25. The molecule has 0 aliphatic heterocycles. The topological polar surface area (TPSA) is 46.6 Å². The van der Waals surface area contributed by atoms with Crippen molar-refractivity contribution in [2.75, 3.05) is 14.1 Å². The molecule has 0 saturated heterocycles. The Labute approximate surface area is 149 Å². The Kier molecular flexibility index (Phi) is 6.32. The van der Waals surface area contributed by atoms with E-state index in [1.165, 1.54) is 11.0 Å². The van der Waals surface area contributed by atoms with E-state index in [9.17, 15) is 9.59 Å². The molecule has 0 aliphatic carbocycles. The van der Waals surface area contributed by atoms with E-state index in [0.29, 0.717) is 5.56 Å². The van der Waals surface area contributed by atoms with Gasteiger partial charge in [-0.1, -0.05) is 58.4 Å². The van der Waals surface area contributed by atoms with Crippen molar-refractivity contribution in [3.63, 3.8) is 0 Å².